The van der Waals surface area contributed by atoms with Gasteiger partial charge in [0.15, 0.2) is 0 Å². The summed E-state index contributed by atoms with van der Waals surface area (Å²) in [6, 6.07) is 5.89. The fourth-order valence-electron chi connectivity index (χ4n) is 5.70. The molecule has 0 radical (unpaired) electrons. The fraction of sp³-hybridized carbons (Fsp3) is 0.600. The topological polar surface area (TPSA) is 61.9 Å². The molecule has 3 fully saturated rings. The number of benzene rings is 1. The van der Waals surface area contributed by atoms with Crippen LogP contribution in [0.25, 0.3) is 0 Å². The van der Waals surface area contributed by atoms with Gasteiger partial charge >= 0.3 is 0 Å². The number of allylic oxidation sites excluding steroid dienone is 1. The summed E-state index contributed by atoms with van der Waals surface area (Å²) in [5, 5.41) is 2.80. The zero-order valence-corrected chi connectivity index (χ0v) is 18.4. The van der Waals surface area contributed by atoms with E-state index in [9.17, 15) is 9.59 Å². The zero-order chi connectivity index (χ0) is 21.5. The lowest BCUT2D eigenvalue weighted by molar-refractivity contribution is -0.126. The first-order valence-corrected chi connectivity index (χ1v) is 11.8. The summed E-state index contributed by atoms with van der Waals surface area (Å²) in [7, 11) is 0. The van der Waals surface area contributed by atoms with Gasteiger partial charge in [-0.05, 0) is 87.7 Å². The highest BCUT2D eigenvalue weighted by Gasteiger charge is 2.39. The molecule has 4 aliphatic rings. The lowest BCUT2D eigenvalue weighted by Crippen LogP contribution is -2.49. The average Bonchev–Trinajstić information content (AvgIpc) is 3.33. The Balaban J connectivity index is 1.27. The van der Waals surface area contributed by atoms with Crippen LogP contribution in [0.15, 0.2) is 30.5 Å². The second kappa shape index (κ2) is 8.30. The van der Waals surface area contributed by atoms with E-state index in [1.54, 1.807) is 4.90 Å². The molecule has 1 saturated carbocycles. The Bertz CT molecular complexity index is 890. The number of nitrogens with zero attached hydrogens (tertiary/aromatic N) is 2. The number of fused-ring (bicyclic) bond motifs is 1. The van der Waals surface area contributed by atoms with E-state index in [1.165, 1.54) is 38.8 Å². The molecule has 0 bridgehead atoms. The van der Waals surface area contributed by atoms with Crippen LogP contribution in [0.1, 0.15) is 67.8 Å². The Morgan fingerprint density at radius 3 is 2.68 bits per heavy atom. The van der Waals surface area contributed by atoms with Gasteiger partial charge in [0.1, 0.15) is 17.9 Å². The van der Waals surface area contributed by atoms with Gasteiger partial charge in [-0.1, -0.05) is 13.5 Å². The zero-order valence-electron chi connectivity index (χ0n) is 18.4. The number of ether oxygens (including phenoxy) is 1. The van der Waals surface area contributed by atoms with E-state index < -0.39 is 6.04 Å². The normalized spacial score (nSPS) is 29.9. The number of amides is 2. The summed E-state index contributed by atoms with van der Waals surface area (Å²) in [5.41, 5.74) is 2.38. The monoisotopic (exact) mass is 423 g/mol. The SMILES string of the molecule is C=C1CCC(N2Cc3cc(O[C@@H]4CCC[C@@H]4N4CCC(C)CC4)ccc3C2=O)C(=O)N1. The van der Waals surface area contributed by atoms with Crippen molar-refractivity contribution >= 4 is 11.8 Å². The van der Waals surface area contributed by atoms with Crippen LogP contribution >= 0.6 is 0 Å². The summed E-state index contributed by atoms with van der Waals surface area (Å²) in [5.74, 6) is 1.49. The number of likely N-dealkylation sites (tertiary alicyclic amines) is 1. The second-order valence-corrected chi connectivity index (χ2v) is 9.77. The predicted molar refractivity (Wildman–Crippen MR) is 119 cm³/mol. The summed E-state index contributed by atoms with van der Waals surface area (Å²) in [6.45, 7) is 9.00. The van der Waals surface area contributed by atoms with Crippen LogP contribution in [0.5, 0.6) is 5.75 Å². The Kier molecular flexibility index (Phi) is 5.51. The number of carbonyl (C=O) groups is 2. The number of hydrogen-bond donors (Lipinski definition) is 1. The van der Waals surface area contributed by atoms with Crippen molar-refractivity contribution in [3.05, 3.63) is 41.6 Å². The van der Waals surface area contributed by atoms with E-state index >= 15 is 0 Å². The Morgan fingerprint density at radius 2 is 1.90 bits per heavy atom. The van der Waals surface area contributed by atoms with Gasteiger partial charge in [0.05, 0.1) is 0 Å². The molecule has 6 heteroatoms. The van der Waals surface area contributed by atoms with E-state index in [0.29, 0.717) is 31.0 Å². The van der Waals surface area contributed by atoms with Crippen LogP contribution in [0.3, 0.4) is 0 Å². The van der Waals surface area contributed by atoms with E-state index in [2.05, 4.69) is 23.7 Å². The molecular formula is C25H33N3O3. The highest BCUT2D eigenvalue weighted by molar-refractivity contribution is 6.01. The molecule has 166 valence electrons. The van der Waals surface area contributed by atoms with E-state index in [0.717, 1.165) is 29.3 Å². The highest BCUT2D eigenvalue weighted by Crippen LogP contribution is 2.34. The third-order valence-corrected chi connectivity index (χ3v) is 7.60. The minimum Gasteiger partial charge on any atom is -0.489 e. The largest absolute Gasteiger partial charge is 0.489 e. The maximum Gasteiger partial charge on any atom is 0.255 e. The fourth-order valence-corrected chi connectivity index (χ4v) is 5.70. The Morgan fingerprint density at radius 1 is 1.10 bits per heavy atom. The predicted octanol–water partition coefficient (Wildman–Crippen LogP) is 3.47. The van der Waals surface area contributed by atoms with Gasteiger partial charge < -0.3 is 15.0 Å². The minimum atomic E-state index is -0.421. The van der Waals surface area contributed by atoms with Gasteiger partial charge in [0.25, 0.3) is 5.91 Å². The standard InChI is InChI=1S/C25H33N3O3/c1-16-10-12-27(13-11-16)21-4-3-5-23(21)31-19-7-8-20-18(14-19)15-28(25(20)30)22-9-6-17(2)26-24(22)29/h7-8,14,16,21-23H,2-6,9-13,15H2,1H3,(H,26,29)/t21-,22?,23+/m0/s1. The molecule has 3 atom stereocenters. The second-order valence-electron chi connectivity index (χ2n) is 9.77. The first-order valence-electron chi connectivity index (χ1n) is 11.8. The van der Waals surface area contributed by atoms with Gasteiger partial charge in [0.2, 0.25) is 5.91 Å². The van der Waals surface area contributed by atoms with Crippen molar-refractivity contribution in [1.29, 1.82) is 0 Å². The van der Waals surface area contributed by atoms with Crippen molar-refractivity contribution in [2.45, 2.75) is 76.6 Å². The van der Waals surface area contributed by atoms with Crippen molar-refractivity contribution < 1.29 is 14.3 Å². The molecule has 1 aromatic rings. The number of carbonyl (C=O) groups excluding carboxylic acids is 2. The summed E-state index contributed by atoms with van der Waals surface area (Å²) in [6.07, 6.45) is 7.62. The summed E-state index contributed by atoms with van der Waals surface area (Å²) in [4.78, 5) is 29.7. The quantitative estimate of drug-likeness (QED) is 0.806. The molecule has 2 amide bonds. The van der Waals surface area contributed by atoms with Crippen LogP contribution < -0.4 is 10.1 Å². The van der Waals surface area contributed by atoms with E-state index in [-0.39, 0.29) is 17.9 Å². The minimum absolute atomic E-state index is 0.0598. The average molecular weight is 424 g/mol. The molecule has 3 heterocycles. The van der Waals surface area contributed by atoms with Crippen molar-refractivity contribution in [3.8, 4) is 5.75 Å². The van der Waals surface area contributed by atoms with Gasteiger partial charge in [-0.3, -0.25) is 14.5 Å². The van der Waals surface area contributed by atoms with Crippen molar-refractivity contribution in [3.63, 3.8) is 0 Å². The first-order chi connectivity index (χ1) is 15.0. The Labute approximate surface area is 184 Å². The van der Waals surface area contributed by atoms with Gasteiger partial charge in [-0.15, -0.1) is 0 Å². The van der Waals surface area contributed by atoms with Crippen molar-refractivity contribution in [2.24, 2.45) is 5.92 Å². The van der Waals surface area contributed by atoms with E-state index in [4.69, 9.17) is 4.74 Å². The van der Waals surface area contributed by atoms with Gasteiger partial charge in [-0.2, -0.15) is 0 Å². The van der Waals surface area contributed by atoms with Crippen LogP contribution in [0, 0.1) is 5.92 Å². The molecule has 0 aromatic heterocycles. The first kappa shape index (κ1) is 20.6. The van der Waals surface area contributed by atoms with Crippen molar-refractivity contribution in [1.82, 2.24) is 15.1 Å². The molecule has 6 nitrogen and oxygen atoms in total. The third kappa shape index (κ3) is 3.98. The van der Waals surface area contributed by atoms with Gasteiger partial charge in [0, 0.05) is 23.8 Å². The molecule has 0 spiro atoms. The maximum absolute atomic E-state index is 12.9. The maximum atomic E-state index is 12.9. The molecule has 1 unspecified atom stereocenters. The highest BCUT2D eigenvalue weighted by atomic mass is 16.5. The molecule has 1 N–H and O–H groups in total. The summed E-state index contributed by atoms with van der Waals surface area (Å²) < 4.78 is 6.48. The molecule has 2 saturated heterocycles. The van der Waals surface area contributed by atoms with Gasteiger partial charge in [-0.25, -0.2) is 0 Å². The summed E-state index contributed by atoms with van der Waals surface area (Å²) >= 11 is 0. The molecule has 5 rings (SSSR count). The van der Waals surface area contributed by atoms with Crippen molar-refractivity contribution in [2.75, 3.05) is 13.1 Å². The molecule has 1 aliphatic carbocycles. The number of piperidine rings is 2. The van der Waals surface area contributed by atoms with Crippen LogP contribution in [0.2, 0.25) is 0 Å². The lowest BCUT2D eigenvalue weighted by Gasteiger charge is -2.37. The Hall–Kier alpha value is -2.34. The van der Waals surface area contributed by atoms with Crippen LogP contribution in [-0.2, 0) is 11.3 Å². The molecule has 31 heavy (non-hydrogen) atoms. The number of nitrogens with one attached hydrogen (secondary N) is 1. The molecule has 3 aliphatic heterocycles. The smallest absolute Gasteiger partial charge is 0.255 e. The molecule has 1 aromatic carbocycles. The number of rotatable bonds is 4. The van der Waals surface area contributed by atoms with Crippen LogP contribution in [0.4, 0.5) is 0 Å². The molecular weight excluding hydrogens is 390 g/mol. The lowest BCUT2D eigenvalue weighted by atomic mass is 9.97. The van der Waals surface area contributed by atoms with E-state index in [1.807, 2.05) is 18.2 Å². The van der Waals surface area contributed by atoms with Crippen LogP contribution in [-0.4, -0.2) is 52.9 Å². The number of hydrogen-bond acceptors (Lipinski definition) is 4. The third-order valence-electron chi connectivity index (χ3n) is 7.60.